The van der Waals surface area contributed by atoms with E-state index in [1.165, 1.54) is 6.07 Å². The lowest BCUT2D eigenvalue weighted by Crippen LogP contribution is -2.51. The van der Waals surface area contributed by atoms with Gasteiger partial charge in [-0.05, 0) is 13.0 Å². The van der Waals surface area contributed by atoms with E-state index < -0.39 is 6.61 Å². The van der Waals surface area contributed by atoms with Crippen molar-refractivity contribution in [1.82, 2.24) is 15.2 Å². The van der Waals surface area contributed by atoms with Gasteiger partial charge < -0.3 is 19.9 Å². The van der Waals surface area contributed by atoms with Gasteiger partial charge in [0, 0.05) is 43.7 Å². The van der Waals surface area contributed by atoms with E-state index in [0.717, 1.165) is 10.8 Å². The topological polar surface area (TPSA) is 57.7 Å². The zero-order valence-electron chi connectivity index (χ0n) is 14.3. The first-order valence-corrected chi connectivity index (χ1v) is 9.13. The average Bonchev–Trinajstić information content (AvgIpc) is 3.07. The lowest BCUT2D eigenvalue weighted by Gasteiger charge is -2.34. The maximum Gasteiger partial charge on any atom is 0.387 e. The molecule has 0 unspecified atom stereocenters. The van der Waals surface area contributed by atoms with Gasteiger partial charge in [0.2, 0.25) is 0 Å². The number of urea groups is 1. The molecule has 0 atom stereocenters. The minimum Gasteiger partial charge on any atom is -0.434 e. The largest absolute Gasteiger partial charge is 0.434 e. The Hall–Kier alpha value is -2.42. The number of carbonyl (C=O) groups excluding carboxylic acids is 1. The van der Waals surface area contributed by atoms with Crippen molar-refractivity contribution < 1.29 is 18.3 Å². The van der Waals surface area contributed by atoms with E-state index in [4.69, 9.17) is 0 Å². The quantitative estimate of drug-likeness (QED) is 0.864. The molecule has 140 valence electrons. The number of alkyl halides is 2. The van der Waals surface area contributed by atoms with E-state index in [1.54, 1.807) is 34.4 Å². The molecule has 1 aromatic carbocycles. The van der Waals surface area contributed by atoms with Crippen LogP contribution in [0, 0.1) is 6.92 Å². The van der Waals surface area contributed by atoms with Crippen molar-refractivity contribution in [3.05, 3.63) is 40.9 Å². The van der Waals surface area contributed by atoms with Gasteiger partial charge in [0.1, 0.15) is 5.75 Å². The summed E-state index contributed by atoms with van der Waals surface area (Å²) in [6.07, 6.45) is 0. The minimum absolute atomic E-state index is 0.0757. The molecular weight excluding hydrogens is 362 g/mol. The predicted molar refractivity (Wildman–Crippen MR) is 95.9 cm³/mol. The number of hydrogen-bond acceptors (Lipinski definition) is 5. The zero-order chi connectivity index (χ0) is 18.5. The van der Waals surface area contributed by atoms with Gasteiger partial charge in [-0.3, -0.25) is 0 Å². The molecule has 3 rings (SSSR count). The number of nitrogens with one attached hydrogen (secondary N) is 1. The molecule has 0 radical (unpaired) electrons. The number of ether oxygens (including phenoxy) is 1. The Kier molecular flexibility index (Phi) is 5.87. The van der Waals surface area contributed by atoms with Crippen molar-refractivity contribution in [2.45, 2.75) is 20.1 Å². The number of aromatic nitrogens is 1. The molecule has 2 aromatic rings. The lowest BCUT2D eigenvalue weighted by molar-refractivity contribution is -0.0504. The van der Waals surface area contributed by atoms with Gasteiger partial charge in [0.25, 0.3) is 0 Å². The number of hydrogen-bond donors (Lipinski definition) is 1. The number of thiazole rings is 1. The number of halogens is 2. The molecule has 0 aliphatic carbocycles. The zero-order valence-corrected chi connectivity index (χ0v) is 15.1. The van der Waals surface area contributed by atoms with Gasteiger partial charge >= 0.3 is 12.6 Å². The van der Waals surface area contributed by atoms with Gasteiger partial charge in [0.05, 0.1) is 5.69 Å². The highest BCUT2D eigenvalue weighted by atomic mass is 32.1. The number of para-hydroxylation sites is 1. The Morgan fingerprint density at radius 1 is 1.31 bits per heavy atom. The van der Waals surface area contributed by atoms with Crippen molar-refractivity contribution in [3.8, 4) is 5.75 Å². The summed E-state index contributed by atoms with van der Waals surface area (Å²) in [7, 11) is 0. The number of anilines is 1. The van der Waals surface area contributed by atoms with Crippen LogP contribution in [0.15, 0.2) is 29.6 Å². The predicted octanol–water partition coefficient (Wildman–Crippen LogP) is 3.08. The van der Waals surface area contributed by atoms with Gasteiger partial charge in [-0.2, -0.15) is 8.78 Å². The van der Waals surface area contributed by atoms with Gasteiger partial charge in [-0.25, -0.2) is 9.78 Å². The smallest absolute Gasteiger partial charge is 0.387 e. The molecule has 2 heterocycles. The third kappa shape index (κ3) is 4.60. The summed E-state index contributed by atoms with van der Waals surface area (Å²) >= 11 is 1.60. The molecule has 6 nitrogen and oxygen atoms in total. The molecule has 1 aromatic heterocycles. The maximum absolute atomic E-state index is 12.4. The monoisotopic (exact) mass is 382 g/mol. The van der Waals surface area contributed by atoms with E-state index in [0.29, 0.717) is 31.7 Å². The second kappa shape index (κ2) is 8.31. The number of nitrogens with zero attached hydrogens (tertiary/aromatic N) is 3. The van der Waals surface area contributed by atoms with Crippen LogP contribution in [-0.4, -0.2) is 48.7 Å². The highest BCUT2D eigenvalue weighted by molar-refractivity contribution is 7.13. The molecule has 0 saturated carbocycles. The Morgan fingerprint density at radius 3 is 2.69 bits per heavy atom. The summed E-state index contributed by atoms with van der Waals surface area (Å²) in [5.74, 6) is 0.0757. The fourth-order valence-corrected chi connectivity index (χ4v) is 3.59. The second-order valence-electron chi connectivity index (χ2n) is 5.89. The molecule has 1 saturated heterocycles. The molecule has 1 aliphatic heterocycles. The molecule has 1 aliphatic rings. The fraction of sp³-hybridized carbons (Fsp3) is 0.412. The molecule has 1 N–H and O–H groups in total. The number of rotatable bonds is 5. The van der Waals surface area contributed by atoms with Crippen molar-refractivity contribution in [2.75, 3.05) is 31.1 Å². The Bertz CT molecular complexity index is 748. The van der Waals surface area contributed by atoms with Crippen LogP contribution in [0.1, 0.15) is 11.3 Å². The van der Waals surface area contributed by atoms with Gasteiger partial charge in [0.15, 0.2) is 5.13 Å². The minimum atomic E-state index is -2.89. The van der Waals surface area contributed by atoms with Crippen LogP contribution in [0.25, 0.3) is 0 Å². The molecule has 0 spiro atoms. The first-order valence-electron chi connectivity index (χ1n) is 8.25. The lowest BCUT2D eigenvalue weighted by atomic mass is 10.2. The van der Waals surface area contributed by atoms with Crippen LogP contribution >= 0.6 is 11.3 Å². The average molecular weight is 382 g/mol. The number of benzene rings is 1. The van der Waals surface area contributed by atoms with E-state index in [-0.39, 0.29) is 18.3 Å². The Labute approximate surface area is 154 Å². The summed E-state index contributed by atoms with van der Waals surface area (Å²) in [5, 5.41) is 5.75. The Morgan fingerprint density at radius 2 is 2.04 bits per heavy atom. The molecule has 1 fully saturated rings. The highest BCUT2D eigenvalue weighted by Gasteiger charge is 2.22. The van der Waals surface area contributed by atoms with Gasteiger partial charge in [-0.1, -0.05) is 18.2 Å². The van der Waals surface area contributed by atoms with Gasteiger partial charge in [-0.15, -0.1) is 11.3 Å². The van der Waals surface area contributed by atoms with Crippen LogP contribution in [0.4, 0.5) is 18.7 Å². The van der Waals surface area contributed by atoms with E-state index in [9.17, 15) is 13.6 Å². The summed E-state index contributed by atoms with van der Waals surface area (Å²) in [4.78, 5) is 20.7. The molecule has 0 bridgehead atoms. The number of carbonyl (C=O) groups is 1. The molecular formula is C17H20F2N4O2S. The van der Waals surface area contributed by atoms with Crippen LogP contribution in [0.5, 0.6) is 5.75 Å². The van der Waals surface area contributed by atoms with E-state index in [1.807, 2.05) is 12.3 Å². The third-order valence-corrected chi connectivity index (χ3v) is 5.08. The molecule has 9 heteroatoms. The first kappa shape index (κ1) is 18.4. The van der Waals surface area contributed by atoms with Crippen molar-refractivity contribution in [2.24, 2.45) is 0 Å². The maximum atomic E-state index is 12.4. The highest BCUT2D eigenvalue weighted by Crippen LogP contribution is 2.22. The SMILES string of the molecule is Cc1csc(N2CCN(C(=O)NCc3ccccc3OC(F)F)CC2)n1. The van der Waals surface area contributed by atoms with Crippen molar-refractivity contribution >= 4 is 22.5 Å². The molecule has 2 amide bonds. The van der Waals surface area contributed by atoms with E-state index >= 15 is 0 Å². The second-order valence-corrected chi connectivity index (χ2v) is 6.73. The van der Waals surface area contributed by atoms with Crippen LogP contribution in [-0.2, 0) is 6.54 Å². The fourth-order valence-electron chi connectivity index (χ4n) is 2.73. The third-order valence-electron chi connectivity index (χ3n) is 4.06. The van der Waals surface area contributed by atoms with Crippen LogP contribution < -0.4 is 15.0 Å². The first-order chi connectivity index (χ1) is 12.5. The Balaban J connectivity index is 1.51. The van der Waals surface area contributed by atoms with Crippen molar-refractivity contribution in [3.63, 3.8) is 0 Å². The standard InChI is InChI=1S/C17H20F2N4O2S/c1-12-11-26-17(21-12)23-8-6-22(7-9-23)16(24)20-10-13-4-2-3-5-14(13)25-15(18)19/h2-5,11,15H,6-10H2,1H3,(H,20,24). The summed E-state index contributed by atoms with van der Waals surface area (Å²) in [6.45, 7) is 1.79. The van der Waals surface area contributed by atoms with E-state index in [2.05, 4.69) is 19.9 Å². The summed E-state index contributed by atoms with van der Waals surface area (Å²) < 4.78 is 29.4. The number of piperazine rings is 1. The van der Waals surface area contributed by atoms with Crippen LogP contribution in [0.3, 0.4) is 0 Å². The van der Waals surface area contributed by atoms with Crippen molar-refractivity contribution in [1.29, 1.82) is 0 Å². The summed E-state index contributed by atoms with van der Waals surface area (Å²) in [5.41, 5.74) is 1.51. The number of amides is 2. The molecule has 26 heavy (non-hydrogen) atoms. The number of aryl methyl sites for hydroxylation is 1. The summed E-state index contributed by atoms with van der Waals surface area (Å²) in [6, 6.07) is 6.23. The van der Waals surface area contributed by atoms with Crippen LogP contribution in [0.2, 0.25) is 0 Å². The normalized spacial score (nSPS) is 14.6.